The third-order valence-corrected chi connectivity index (χ3v) is 3.41. The Morgan fingerprint density at radius 1 is 1.33 bits per heavy atom. The van der Waals surface area contributed by atoms with Crippen LogP contribution in [0.4, 0.5) is 0 Å². The van der Waals surface area contributed by atoms with Crippen molar-refractivity contribution in [3.05, 3.63) is 53.3 Å². The molecule has 0 aliphatic carbocycles. The molecule has 1 atom stereocenters. The molecule has 0 spiro atoms. The molecule has 3 rings (SSSR count). The zero-order chi connectivity index (χ0) is 15.0. The molecule has 1 aliphatic rings. The van der Waals surface area contributed by atoms with Gasteiger partial charge in [0, 0.05) is 12.6 Å². The van der Waals surface area contributed by atoms with Gasteiger partial charge < -0.3 is 5.73 Å². The Morgan fingerprint density at radius 3 is 2.67 bits per heavy atom. The van der Waals surface area contributed by atoms with Crippen LogP contribution < -0.4 is 5.73 Å². The molecule has 6 nitrogen and oxygen atoms in total. The molecule has 0 radical (unpaired) electrons. The highest BCUT2D eigenvalue weighted by molar-refractivity contribution is 6.13. The van der Waals surface area contributed by atoms with Crippen molar-refractivity contribution in [2.24, 2.45) is 17.8 Å². The van der Waals surface area contributed by atoms with Crippen LogP contribution in [0.5, 0.6) is 0 Å². The normalized spacial score (nSPS) is 18.0. The molecule has 1 aromatic carbocycles. The molecule has 0 saturated carbocycles. The first-order chi connectivity index (χ1) is 10.1. The van der Waals surface area contributed by atoms with E-state index in [2.05, 4.69) is 10.1 Å². The maximum atomic E-state index is 12.7. The number of aliphatic imine (C=N–C) groups is 1. The number of amidine groups is 1. The van der Waals surface area contributed by atoms with Crippen molar-refractivity contribution in [2.75, 3.05) is 6.54 Å². The molecule has 108 valence electrons. The molecule has 0 fully saturated rings. The molecule has 1 unspecified atom stereocenters. The van der Waals surface area contributed by atoms with Crippen LogP contribution in [0.2, 0.25) is 0 Å². The van der Waals surface area contributed by atoms with Crippen molar-refractivity contribution in [3.8, 4) is 0 Å². The first-order valence-electron chi connectivity index (χ1n) is 6.77. The smallest absolute Gasteiger partial charge is 0.259 e. The van der Waals surface area contributed by atoms with Gasteiger partial charge >= 0.3 is 0 Å². The van der Waals surface area contributed by atoms with Gasteiger partial charge in [0.1, 0.15) is 11.9 Å². The molecule has 1 aromatic heterocycles. The largest absolute Gasteiger partial charge is 0.308 e. The summed E-state index contributed by atoms with van der Waals surface area (Å²) in [7, 11) is 1.83. The fraction of sp³-hybridized carbons (Fsp3) is 0.267. The lowest BCUT2D eigenvalue weighted by Gasteiger charge is -2.18. The molecule has 2 N–H and O–H groups in total. The third-order valence-electron chi connectivity index (χ3n) is 3.41. The van der Waals surface area contributed by atoms with Crippen LogP contribution in [0.1, 0.15) is 21.7 Å². The van der Waals surface area contributed by atoms with Gasteiger partial charge in [0.15, 0.2) is 5.84 Å². The number of aromatic nitrogens is 2. The lowest BCUT2D eigenvalue weighted by Crippen LogP contribution is -2.38. The summed E-state index contributed by atoms with van der Waals surface area (Å²) in [5.74, 6) is 0.487. The highest BCUT2D eigenvalue weighted by Gasteiger charge is 2.31. The second-order valence-electron chi connectivity index (χ2n) is 5.10. The number of nitrogens with zero attached hydrogens (tertiary/aromatic N) is 4. The molecule has 6 heteroatoms. The molecular weight excluding hydrogens is 266 g/mol. The van der Waals surface area contributed by atoms with Crippen LogP contribution in [-0.2, 0) is 7.05 Å². The quantitative estimate of drug-likeness (QED) is 0.890. The van der Waals surface area contributed by atoms with Gasteiger partial charge in [-0.3, -0.25) is 14.4 Å². The fourth-order valence-corrected chi connectivity index (χ4v) is 2.48. The van der Waals surface area contributed by atoms with E-state index in [1.165, 1.54) is 0 Å². The molecular formula is C15H17N5O. The van der Waals surface area contributed by atoms with Gasteiger partial charge in [-0.05, 0) is 25.1 Å². The van der Waals surface area contributed by atoms with Crippen molar-refractivity contribution in [1.29, 1.82) is 0 Å². The van der Waals surface area contributed by atoms with Gasteiger partial charge in [0.25, 0.3) is 5.91 Å². The van der Waals surface area contributed by atoms with E-state index < -0.39 is 6.17 Å². The summed E-state index contributed by atoms with van der Waals surface area (Å²) in [6, 6.07) is 11.0. The Balaban J connectivity index is 1.97. The topological polar surface area (TPSA) is 76.5 Å². The molecule has 2 aromatic rings. The SMILES string of the molecule is Cc1cc(C2=NC(N)CN2C(=O)c2ccccc2)n(C)n1. The number of aryl methyl sites for hydroxylation is 2. The summed E-state index contributed by atoms with van der Waals surface area (Å²) in [5, 5.41) is 4.30. The fourth-order valence-electron chi connectivity index (χ4n) is 2.48. The van der Waals surface area contributed by atoms with Crippen molar-refractivity contribution >= 4 is 11.7 Å². The summed E-state index contributed by atoms with van der Waals surface area (Å²) < 4.78 is 1.72. The van der Waals surface area contributed by atoms with E-state index in [0.717, 1.165) is 11.4 Å². The lowest BCUT2D eigenvalue weighted by atomic mass is 10.2. The molecule has 1 amide bonds. The van der Waals surface area contributed by atoms with Gasteiger partial charge in [-0.1, -0.05) is 18.2 Å². The van der Waals surface area contributed by atoms with Crippen molar-refractivity contribution in [3.63, 3.8) is 0 Å². The van der Waals surface area contributed by atoms with E-state index in [1.807, 2.05) is 38.2 Å². The molecule has 21 heavy (non-hydrogen) atoms. The molecule has 0 saturated heterocycles. The Hall–Kier alpha value is -2.47. The number of hydrogen-bond acceptors (Lipinski definition) is 4. The number of rotatable bonds is 2. The Labute approximate surface area is 122 Å². The van der Waals surface area contributed by atoms with E-state index in [1.54, 1.807) is 21.7 Å². The summed E-state index contributed by atoms with van der Waals surface area (Å²) in [4.78, 5) is 18.7. The minimum Gasteiger partial charge on any atom is -0.308 e. The number of carbonyl (C=O) groups excluding carboxylic acids is 1. The Kier molecular flexibility index (Phi) is 3.31. The molecule has 2 heterocycles. The zero-order valence-corrected chi connectivity index (χ0v) is 12.0. The van der Waals surface area contributed by atoms with Gasteiger partial charge in [0.2, 0.25) is 0 Å². The van der Waals surface area contributed by atoms with Crippen LogP contribution in [0, 0.1) is 6.92 Å². The Morgan fingerprint density at radius 2 is 2.05 bits per heavy atom. The summed E-state index contributed by atoms with van der Waals surface area (Å²) in [6.07, 6.45) is -0.400. The molecule has 1 aliphatic heterocycles. The van der Waals surface area contributed by atoms with Gasteiger partial charge in [0.05, 0.1) is 12.2 Å². The Bertz CT molecular complexity index is 704. The highest BCUT2D eigenvalue weighted by Crippen LogP contribution is 2.17. The minimum absolute atomic E-state index is 0.0962. The van der Waals surface area contributed by atoms with Crippen LogP contribution >= 0.6 is 0 Å². The molecule has 0 bridgehead atoms. The van der Waals surface area contributed by atoms with E-state index in [4.69, 9.17) is 5.73 Å². The second kappa shape index (κ2) is 5.14. The predicted molar refractivity (Wildman–Crippen MR) is 79.9 cm³/mol. The number of amides is 1. The monoisotopic (exact) mass is 283 g/mol. The minimum atomic E-state index is -0.400. The zero-order valence-electron chi connectivity index (χ0n) is 12.0. The maximum absolute atomic E-state index is 12.7. The van der Waals surface area contributed by atoms with Gasteiger partial charge in [-0.15, -0.1) is 0 Å². The van der Waals surface area contributed by atoms with Crippen LogP contribution in [0.15, 0.2) is 41.4 Å². The number of hydrogen-bond donors (Lipinski definition) is 1. The first kappa shape index (κ1) is 13.5. The number of nitrogens with two attached hydrogens (primary N) is 1. The standard InChI is InChI=1S/C15H17N5O/c1-10-8-12(19(2)18-10)14-17-13(16)9-20(14)15(21)11-6-4-3-5-7-11/h3-8,13H,9,16H2,1-2H3. The van der Waals surface area contributed by atoms with E-state index in [9.17, 15) is 4.79 Å². The van der Waals surface area contributed by atoms with Crippen LogP contribution in [0.3, 0.4) is 0 Å². The van der Waals surface area contributed by atoms with E-state index in [0.29, 0.717) is 17.9 Å². The summed E-state index contributed by atoms with van der Waals surface area (Å²) in [6.45, 7) is 2.29. The first-order valence-corrected chi connectivity index (χ1v) is 6.77. The number of benzene rings is 1. The summed E-state index contributed by atoms with van der Waals surface area (Å²) >= 11 is 0. The van der Waals surface area contributed by atoms with Gasteiger partial charge in [-0.25, -0.2) is 4.99 Å². The third kappa shape index (κ3) is 2.45. The second-order valence-corrected chi connectivity index (χ2v) is 5.10. The number of carbonyl (C=O) groups is 1. The van der Waals surface area contributed by atoms with Crippen LogP contribution in [0.25, 0.3) is 0 Å². The van der Waals surface area contributed by atoms with Crippen LogP contribution in [-0.4, -0.2) is 39.1 Å². The summed E-state index contributed by atoms with van der Waals surface area (Å²) in [5.41, 5.74) is 8.21. The lowest BCUT2D eigenvalue weighted by molar-refractivity contribution is 0.0852. The van der Waals surface area contributed by atoms with Gasteiger partial charge in [-0.2, -0.15) is 5.10 Å². The maximum Gasteiger partial charge on any atom is 0.259 e. The van der Waals surface area contributed by atoms with Crippen molar-refractivity contribution < 1.29 is 4.79 Å². The highest BCUT2D eigenvalue weighted by atomic mass is 16.2. The van der Waals surface area contributed by atoms with Crippen molar-refractivity contribution in [2.45, 2.75) is 13.1 Å². The average Bonchev–Trinajstić information content (AvgIpc) is 3.01. The van der Waals surface area contributed by atoms with Crippen molar-refractivity contribution in [1.82, 2.24) is 14.7 Å². The van der Waals surface area contributed by atoms with E-state index in [-0.39, 0.29) is 5.91 Å². The van der Waals surface area contributed by atoms with E-state index >= 15 is 0 Å². The predicted octanol–water partition coefficient (Wildman–Crippen LogP) is 0.916. The average molecular weight is 283 g/mol.